The van der Waals surface area contributed by atoms with Crippen molar-refractivity contribution in [2.45, 2.75) is 291 Å². The van der Waals surface area contributed by atoms with E-state index < -0.39 is 0 Å². The van der Waals surface area contributed by atoms with Gasteiger partial charge in [-0.05, 0) is 89.9 Å². The van der Waals surface area contributed by atoms with E-state index in [4.69, 9.17) is 9.47 Å². The van der Waals surface area contributed by atoms with E-state index in [9.17, 15) is 9.90 Å². The highest BCUT2D eigenvalue weighted by Gasteiger charge is 2.05. The summed E-state index contributed by atoms with van der Waals surface area (Å²) in [6.45, 7) is 11.4. The second-order valence-electron chi connectivity index (χ2n) is 18.3. The van der Waals surface area contributed by atoms with Gasteiger partial charge in [-0.15, -0.1) is 0 Å². The highest BCUT2D eigenvalue weighted by Crippen LogP contribution is 2.13. The number of unbranched alkanes of at least 4 members (excludes halogenated alkanes) is 30. The van der Waals surface area contributed by atoms with E-state index in [2.05, 4.69) is 76.3 Å². The van der Waals surface area contributed by atoms with Gasteiger partial charge in [-0.3, -0.25) is 4.79 Å². The quantitative estimate of drug-likeness (QED) is 0.0489. The standard InChI is InChI=1S/C29H56O2.C29H54O2/c2*1-3-5-7-9-11-12-13-14-15-16-17-18-19-21-23-25-27-31-28-29(30)26-24-22-20-10-8-6-4-2/h11-12,14-15,29-30H,3-10,13,16-28H2,1-2H3;11-12,14-15H,3-10,13,16-28H2,1-2H3/b2*12-11-,15-14-/t29-;/m1./s1. The molecular weight excluding hydrogens is 761 g/mol. The van der Waals surface area contributed by atoms with E-state index in [0.29, 0.717) is 19.6 Å². The Morgan fingerprint density at radius 1 is 0.387 bits per heavy atom. The minimum atomic E-state index is -0.264. The number of hydrogen-bond donors (Lipinski definition) is 1. The predicted molar refractivity (Wildman–Crippen MR) is 277 cm³/mol. The normalized spacial score (nSPS) is 12.4. The third-order valence-electron chi connectivity index (χ3n) is 11.8. The summed E-state index contributed by atoms with van der Waals surface area (Å²) in [5.41, 5.74) is 0. The van der Waals surface area contributed by atoms with Crippen molar-refractivity contribution in [1.29, 1.82) is 0 Å². The molecule has 366 valence electrons. The number of rotatable bonds is 50. The molecule has 4 heteroatoms. The Bertz CT molecular complexity index is 936. The lowest BCUT2D eigenvalue weighted by atomic mass is 10.1. The number of hydrogen-bond acceptors (Lipinski definition) is 4. The van der Waals surface area contributed by atoms with Crippen LogP contribution in [-0.2, 0) is 14.3 Å². The summed E-state index contributed by atoms with van der Waals surface area (Å²) < 4.78 is 11.2. The zero-order valence-electron chi connectivity index (χ0n) is 42.5. The van der Waals surface area contributed by atoms with E-state index in [0.717, 1.165) is 58.2 Å². The molecule has 0 spiro atoms. The molecule has 0 aromatic heterocycles. The number of aliphatic hydroxyl groups is 1. The van der Waals surface area contributed by atoms with Gasteiger partial charge in [0.05, 0.1) is 12.7 Å². The maximum absolute atomic E-state index is 11.8. The van der Waals surface area contributed by atoms with Crippen molar-refractivity contribution in [3.05, 3.63) is 48.6 Å². The molecule has 0 unspecified atom stereocenters. The van der Waals surface area contributed by atoms with Crippen LogP contribution in [0, 0.1) is 0 Å². The summed E-state index contributed by atoms with van der Waals surface area (Å²) >= 11 is 0. The first-order valence-electron chi connectivity index (χ1n) is 27.6. The summed E-state index contributed by atoms with van der Waals surface area (Å²) in [7, 11) is 0. The number of carbonyl (C=O) groups excluding carboxylic acids is 1. The van der Waals surface area contributed by atoms with Crippen LogP contribution in [-0.4, -0.2) is 43.4 Å². The number of aliphatic hydroxyl groups excluding tert-OH is 1. The number of ether oxygens (including phenoxy) is 2. The van der Waals surface area contributed by atoms with Crippen molar-refractivity contribution in [3.63, 3.8) is 0 Å². The van der Waals surface area contributed by atoms with Crippen molar-refractivity contribution in [3.8, 4) is 0 Å². The molecule has 1 atom stereocenters. The highest BCUT2D eigenvalue weighted by molar-refractivity contribution is 5.79. The highest BCUT2D eigenvalue weighted by atomic mass is 16.5. The molecule has 0 saturated heterocycles. The van der Waals surface area contributed by atoms with E-state index in [-0.39, 0.29) is 11.9 Å². The minimum Gasteiger partial charge on any atom is -0.391 e. The monoisotopic (exact) mass is 871 g/mol. The second-order valence-corrected chi connectivity index (χ2v) is 18.3. The van der Waals surface area contributed by atoms with Gasteiger partial charge in [-0.1, -0.05) is 237 Å². The minimum absolute atomic E-state index is 0.264. The van der Waals surface area contributed by atoms with E-state index >= 15 is 0 Å². The van der Waals surface area contributed by atoms with Gasteiger partial charge in [0.15, 0.2) is 5.78 Å². The molecule has 0 aromatic carbocycles. The van der Waals surface area contributed by atoms with Gasteiger partial charge in [-0.25, -0.2) is 0 Å². The van der Waals surface area contributed by atoms with Crippen LogP contribution in [0.3, 0.4) is 0 Å². The Morgan fingerprint density at radius 2 is 0.710 bits per heavy atom. The topological polar surface area (TPSA) is 55.8 Å². The predicted octanol–water partition coefficient (Wildman–Crippen LogP) is 18.8. The lowest BCUT2D eigenvalue weighted by molar-refractivity contribution is -0.123. The van der Waals surface area contributed by atoms with Gasteiger partial charge in [0.1, 0.15) is 6.61 Å². The Morgan fingerprint density at radius 3 is 1.15 bits per heavy atom. The lowest BCUT2D eigenvalue weighted by Crippen LogP contribution is -2.15. The van der Waals surface area contributed by atoms with Gasteiger partial charge in [0, 0.05) is 19.6 Å². The first-order valence-corrected chi connectivity index (χ1v) is 27.6. The molecule has 0 bridgehead atoms. The molecule has 0 fully saturated rings. The van der Waals surface area contributed by atoms with Crippen LogP contribution < -0.4 is 0 Å². The third kappa shape index (κ3) is 60.6. The van der Waals surface area contributed by atoms with Gasteiger partial charge < -0.3 is 14.6 Å². The molecule has 0 saturated carbocycles. The summed E-state index contributed by atoms with van der Waals surface area (Å²) in [5.74, 6) is 0.286. The second kappa shape index (κ2) is 59.5. The van der Waals surface area contributed by atoms with Crippen LogP contribution >= 0.6 is 0 Å². The fourth-order valence-electron chi connectivity index (χ4n) is 7.56. The fourth-order valence-corrected chi connectivity index (χ4v) is 7.56. The number of carbonyl (C=O) groups is 1. The van der Waals surface area contributed by atoms with Crippen LogP contribution in [0.4, 0.5) is 0 Å². The maximum atomic E-state index is 11.8. The van der Waals surface area contributed by atoms with Crippen LogP contribution in [0.5, 0.6) is 0 Å². The van der Waals surface area contributed by atoms with Gasteiger partial charge in [-0.2, -0.15) is 0 Å². The molecule has 62 heavy (non-hydrogen) atoms. The first-order chi connectivity index (χ1) is 30.6. The van der Waals surface area contributed by atoms with Crippen molar-refractivity contribution in [2.24, 2.45) is 0 Å². The molecule has 0 aliphatic rings. The molecule has 0 aliphatic carbocycles. The van der Waals surface area contributed by atoms with Crippen molar-refractivity contribution < 1.29 is 19.4 Å². The number of ketones is 1. The van der Waals surface area contributed by atoms with Gasteiger partial charge in [0.2, 0.25) is 0 Å². The Labute approximate surface area is 389 Å². The van der Waals surface area contributed by atoms with Crippen LogP contribution in [0.15, 0.2) is 48.6 Å². The average molecular weight is 872 g/mol. The molecule has 4 nitrogen and oxygen atoms in total. The van der Waals surface area contributed by atoms with E-state index in [1.807, 2.05) is 0 Å². The van der Waals surface area contributed by atoms with Crippen molar-refractivity contribution >= 4 is 5.78 Å². The fraction of sp³-hybridized carbons (Fsp3) is 0.845. The lowest BCUT2D eigenvalue weighted by Gasteiger charge is -2.11. The first kappa shape index (κ1) is 62.6. The van der Waals surface area contributed by atoms with Crippen LogP contribution in [0.2, 0.25) is 0 Å². The van der Waals surface area contributed by atoms with Gasteiger partial charge >= 0.3 is 0 Å². The Balaban J connectivity index is 0. The van der Waals surface area contributed by atoms with Crippen LogP contribution in [0.1, 0.15) is 285 Å². The summed E-state index contributed by atoms with van der Waals surface area (Å²) in [6, 6.07) is 0. The Hall–Kier alpha value is -1.49. The molecule has 1 N–H and O–H groups in total. The average Bonchev–Trinajstić information content (AvgIpc) is 3.27. The molecule has 0 amide bonds. The zero-order chi connectivity index (χ0) is 45.3. The van der Waals surface area contributed by atoms with Crippen LogP contribution in [0.25, 0.3) is 0 Å². The van der Waals surface area contributed by atoms with Gasteiger partial charge in [0.25, 0.3) is 0 Å². The SMILES string of the molecule is CCCCC/C=C\C/C=C\CCCCCCCCOCC(=O)CCCCCCCCC.CCCCC/C=C\C/C=C\CCCCCCCCOC[C@H](O)CCCCCCCCC. The van der Waals surface area contributed by atoms with E-state index in [1.54, 1.807) is 0 Å². The zero-order valence-corrected chi connectivity index (χ0v) is 42.5. The molecule has 0 aliphatic heterocycles. The third-order valence-corrected chi connectivity index (χ3v) is 11.8. The molecular formula is C58H110O4. The summed E-state index contributed by atoms with van der Waals surface area (Å²) in [6.07, 6.45) is 68.3. The van der Waals surface area contributed by atoms with Crippen molar-refractivity contribution in [2.75, 3.05) is 26.4 Å². The van der Waals surface area contributed by atoms with Crippen molar-refractivity contribution in [1.82, 2.24) is 0 Å². The number of allylic oxidation sites excluding steroid dienone is 8. The molecule has 0 aromatic rings. The maximum Gasteiger partial charge on any atom is 0.158 e. The molecule has 0 heterocycles. The van der Waals surface area contributed by atoms with E-state index in [1.165, 1.54) is 205 Å². The molecule has 0 rings (SSSR count). The summed E-state index contributed by atoms with van der Waals surface area (Å²) in [4.78, 5) is 11.8. The number of Topliss-reactive ketones (excluding diaryl/α,β-unsaturated/α-hetero) is 1. The molecule has 0 radical (unpaired) electrons. The smallest absolute Gasteiger partial charge is 0.158 e. The summed E-state index contributed by atoms with van der Waals surface area (Å²) in [5, 5.41) is 9.99. The largest absolute Gasteiger partial charge is 0.391 e. The Kier molecular flexibility index (Phi) is 60.1.